The maximum Gasteiger partial charge on any atom is 0.243 e. The van der Waals surface area contributed by atoms with Crippen LogP contribution in [0.2, 0.25) is 0 Å². The quantitative estimate of drug-likeness (QED) is 0.306. The predicted octanol–water partition coefficient (Wildman–Crippen LogP) is 2.97. The van der Waals surface area contributed by atoms with Crippen LogP contribution in [-0.2, 0) is 26.0 Å². The minimum absolute atomic E-state index is 0.0831. The van der Waals surface area contributed by atoms with Crippen molar-refractivity contribution in [3.05, 3.63) is 60.2 Å². The maximum absolute atomic E-state index is 13.6. The highest BCUT2D eigenvalue weighted by Crippen LogP contribution is 2.27. The normalized spacial score (nSPS) is 14.6. The molecule has 2 aromatic rings. The summed E-state index contributed by atoms with van der Waals surface area (Å²) in [4.78, 5) is 25.2. The monoisotopic (exact) mass is 561 g/mol. The number of rotatable bonds is 15. The summed E-state index contributed by atoms with van der Waals surface area (Å²) < 4.78 is 33.7. The lowest BCUT2D eigenvalue weighted by atomic mass is 9.78. The van der Waals surface area contributed by atoms with Gasteiger partial charge in [0.05, 0.1) is 29.6 Å². The van der Waals surface area contributed by atoms with Crippen molar-refractivity contribution in [3.63, 3.8) is 0 Å². The highest BCUT2D eigenvalue weighted by molar-refractivity contribution is 7.89. The molecule has 9 nitrogen and oxygen atoms in total. The SMILES string of the molecule is COc1ccc(S(=O)(=O)N(CCC(C)C)C[C@H](O)[C@@H](Cc2ccccc2)NC(=O)[C@@H](C)C(C)(C)C(N)=O)cc1. The molecule has 0 heterocycles. The molecule has 0 radical (unpaired) electrons. The van der Waals surface area contributed by atoms with Gasteiger partial charge in [-0.2, -0.15) is 4.31 Å². The van der Waals surface area contributed by atoms with E-state index in [9.17, 15) is 23.1 Å². The Morgan fingerprint density at radius 2 is 1.64 bits per heavy atom. The number of aliphatic hydroxyl groups is 1. The molecule has 0 aromatic heterocycles. The van der Waals surface area contributed by atoms with Crippen LogP contribution < -0.4 is 15.8 Å². The van der Waals surface area contributed by atoms with E-state index in [2.05, 4.69) is 5.32 Å². The van der Waals surface area contributed by atoms with Gasteiger partial charge in [-0.3, -0.25) is 9.59 Å². The molecule has 0 spiro atoms. The van der Waals surface area contributed by atoms with E-state index in [0.717, 1.165) is 5.56 Å². The Balaban J connectivity index is 2.38. The Kier molecular flexibility index (Phi) is 11.5. The molecular weight excluding hydrogens is 518 g/mol. The van der Waals surface area contributed by atoms with Crippen molar-refractivity contribution in [2.75, 3.05) is 20.2 Å². The van der Waals surface area contributed by atoms with Gasteiger partial charge >= 0.3 is 0 Å². The summed E-state index contributed by atoms with van der Waals surface area (Å²) in [5, 5.41) is 14.3. The smallest absolute Gasteiger partial charge is 0.243 e. The van der Waals surface area contributed by atoms with Gasteiger partial charge in [0.15, 0.2) is 0 Å². The molecule has 2 rings (SSSR count). The van der Waals surface area contributed by atoms with Gasteiger partial charge in [-0.1, -0.05) is 65.0 Å². The lowest BCUT2D eigenvalue weighted by Crippen LogP contribution is -2.54. The zero-order valence-corrected chi connectivity index (χ0v) is 24.6. The molecule has 0 unspecified atom stereocenters. The zero-order chi connectivity index (χ0) is 29.4. The molecule has 216 valence electrons. The molecule has 2 amide bonds. The number of amides is 2. The summed E-state index contributed by atoms with van der Waals surface area (Å²) in [5.41, 5.74) is 5.26. The first-order chi connectivity index (χ1) is 18.2. The van der Waals surface area contributed by atoms with Crippen LogP contribution in [0, 0.1) is 17.3 Å². The maximum atomic E-state index is 13.6. The molecule has 0 aliphatic carbocycles. The second-order valence-electron chi connectivity index (χ2n) is 10.9. The molecule has 0 bridgehead atoms. The fourth-order valence-corrected chi connectivity index (χ4v) is 5.42. The molecule has 2 aromatic carbocycles. The van der Waals surface area contributed by atoms with Crippen molar-refractivity contribution >= 4 is 21.8 Å². The summed E-state index contributed by atoms with van der Waals surface area (Å²) in [6, 6.07) is 14.6. The van der Waals surface area contributed by atoms with E-state index in [0.29, 0.717) is 12.2 Å². The first-order valence-electron chi connectivity index (χ1n) is 13.2. The van der Waals surface area contributed by atoms with Gasteiger partial charge in [-0.05, 0) is 48.6 Å². The third kappa shape index (κ3) is 8.78. The number of primary amides is 1. The van der Waals surface area contributed by atoms with Gasteiger partial charge in [0.1, 0.15) is 5.75 Å². The molecule has 4 N–H and O–H groups in total. The number of aliphatic hydroxyl groups excluding tert-OH is 1. The average molecular weight is 562 g/mol. The van der Waals surface area contributed by atoms with Crippen LogP contribution >= 0.6 is 0 Å². The summed E-state index contributed by atoms with van der Waals surface area (Å²) in [7, 11) is -2.46. The number of carbonyl (C=O) groups is 2. The number of nitrogens with two attached hydrogens (primary N) is 1. The Morgan fingerprint density at radius 1 is 1.05 bits per heavy atom. The Bertz CT molecular complexity index is 1180. The van der Waals surface area contributed by atoms with Crippen LogP contribution in [0.1, 0.15) is 46.6 Å². The van der Waals surface area contributed by atoms with Crippen LogP contribution in [0.3, 0.4) is 0 Å². The summed E-state index contributed by atoms with van der Waals surface area (Å²) >= 11 is 0. The third-order valence-corrected chi connectivity index (χ3v) is 9.12. The number of methoxy groups -OCH3 is 1. The number of sulfonamides is 1. The third-order valence-electron chi connectivity index (χ3n) is 7.25. The molecule has 0 fully saturated rings. The molecule has 39 heavy (non-hydrogen) atoms. The van der Waals surface area contributed by atoms with Crippen molar-refractivity contribution in [1.29, 1.82) is 0 Å². The second kappa shape index (κ2) is 13.9. The minimum Gasteiger partial charge on any atom is -0.497 e. The van der Waals surface area contributed by atoms with E-state index in [1.54, 1.807) is 32.9 Å². The second-order valence-corrected chi connectivity index (χ2v) is 12.8. The van der Waals surface area contributed by atoms with Crippen molar-refractivity contribution in [3.8, 4) is 5.75 Å². The number of benzene rings is 2. The molecule has 0 saturated heterocycles. The molecule has 3 atom stereocenters. The van der Waals surface area contributed by atoms with Gasteiger partial charge in [-0.15, -0.1) is 0 Å². The number of nitrogens with one attached hydrogen (secondary N) is 1. The van der Waals surface area contributed by atoms with Gasteiger partial charge < -0.3 is 20.9 Å². The lowest BCUT2D eigenvalue weighted by molar-refractivity contribution is -0.138. The summed E-state index contributed by atoms with van der Waals surface area (Å²) in [6.45, 7) is 8.75. The average Bonchev–Trinajstić information content (AvgIpc) is 2.90. The van der Waals surface area contributed by atoms with E-state index in [4.69, 9.17) is 10.5 Å². The highest BCUT2D eigenvalue weighted by atomic mass is 32.2. The number of nitrogens with zero attached hydrogens (tertiary/aromatic N) is 1. The first kappa shape index (κ1) is 32.3. The standard InChI is InChI=1S/C29H43N3O6S/c1-20(2)16-17-32(39(36,37)24-14-12-23(38-6)13-15-24)19-26(33)25(18-22-10-8-7-9-11-22)31-27(34)21(3)29(4,5)28(30)35/h7-15,20-21,25-26,33H,16-19H2,1-6H3,(H2,30,35)(H,31,34)/t21-,25-,26+/m1/s1. The van der Waals surface area contributed by atoms with Gasteiger partial charge in [0.25, 0.3) is 0 Å². The van der Waals surface area contributed by atoms with Crippen LogP contribution in [0.25, 0.3) is 0 Å². The fourth-order valence-electron chi connectivity index (χ4n) is 3.94. The topological polar surface area (TPSA) is 139 Å². The van der Waals surface area contributed by atoms with Crippen molar-refractivity contribution in [2.45, 2.75) is 64.5 Å². The first-order valence-corrected chi connectivity index (χ1v) is 14.6. The van der Waals surface area contributed by atoms with E-state index in [-0.39, 0.29) is 30.3 Å². The van der Waals surface area contributed by atoms with E-state index in [1.807, 2.05) is 44.2 Å². The van der Waals surface area contributed by atoms with Crippen LogP contribution in [0.4, 0.5) is 0 Å². The van der Waals surface area contributed by atoms with Gasteiger partial charge in [0, 0.05) is 19.0 Å². The Labute approximate surface area is 232 Å². The largest absolute Gasteiger partial charge is 0.497 e. The number of ether oxygens (including phenoxy) is 1. The van der Waals surface area contributed by atoms with Crippen molar-refractivity contribution < 1.29 is 27.9 Å². The van der Waals surface area contributed by atoms with Crippen LogP contribution in [0.15, 0.2) is 59.5 Å². The minimum atomic E-state index is -3.96. The molecule has 10 heteroatoms. The van der Waals surface area contributed by atoms with Crippen molar-refractivity contribution in [2.24, 2.45) is 23.0 Å². The highest BCUT2D eigenvalue weighted by Gasteiger charge is 2.38. The molecule has 0 saturated carbocycles. The Morgan fingerprint density at radius 3 is 2.15 bits per heavy atom. The zero-order valence-electron chi connectivity index (χ0n) is 23.8. The molecular formula is C29H43N3O6S. The van der Waals surface area contributed by atoms with Gasteiger partial charge in [0.2, 0.25) is 21.8 Å². The molecule has 0 aliphatic heterocycles. The number of hydrogen-bond acceptors (Lipinski definition) is 6. The molecule has 0 aliphatic rings. The van der Waals surface area contributed by atoms with E-state index >= 15 is 0 Å². The fraction of sp³-hybridized carbons (Fsp3) is 0.517. The van der Waals surface area contributed by atoms with Gasteiger partial charge in [-0.25, -0.2) is 8.42 Å². The number of hydrogen-bond donors (Lipinski definition) is 3. The van der Waals surface area contributed by atoms with E-state index < -0.39 is 45.3 Å². The predicted molar refractivity (Wildman–Crippen MR) is 151 cm³/mol. The summed E-state index contributed by atoms with van der Waals surface area (Å²) in [6.07, 6.45) is -0.391. The summed E-state index contributed by atoms with van der Waals surface area (Å²) in [5.74, 6) is -1.09. The Hall–Kier alpha value is -2.95. The lowest BCUT2D eigenvalue weighted by Gasteiger charge is -2.33. The number of carbonyl (C=O) groups excluding carboxylic acids is 2. The van der Waals surface area contributed by atoms with Crippen LogP contribution in [0.5, 0.6) is 5.75 Å². The van der Waals surface area contributed by atoms with Crippen molar-refractivity contribution in [1.82, 2.24) is 9.62 Å². The van der Waals surface area contributed by atoms with E-state index in [1.165, 1.54) is 23.5 Å². The van der Waals surface area contributed by atoms with Crippen LogP contribution in [-0.4, -0.2) is 62.0 Å².